The monoisotopic (exact) mass is 612 g/mol. The lowest BCUT2D eigenvalue weighted by molar-refractivity contribution is -0.129. The number of carbonyl (C=O) groups is 1. The summed E-state index contributed by atoms with van der Waals surface area (Å²) in [4.78, 5) is 29.0. The third-order valence-electron chi connectivity index (χ3n) is 6.71. The molecule has 4 aromatic heterocycles. The maximum atomic E-state index is 13.5. The molecule has 5 aromatic rings. The van der Waals surface area contributed by atoms with Gasteiger partial charge in [0.15, 0.2) is 16.7 Å². The molecular formula is C28H26ClFN6O3S2. The standard InChI is InChI=1S/C28H25FN6O3S2.ClH/c1-16-25-24(7-10-30-27(25)38-34-16)40-21-13-23(37-20-5-3-19(29)4-6-20)26(31-14-21)33-28-32-22(15-39-28)18-8-11-35(12-9-18)17(2)36;/h3-7,10,13-15,18H,8-9,11-12H2,1-2H3,(H,31,32,33);1H. The van der Waals surface area contributed by atoms with Crippen LogP contribution in [0.25, 0.3) is 11.1 Å². The van der Waals surface area contributed by atoms with E-state index in [2.05, 4.69) is 25.8 Å². The van der Waals surface area contributed by atoms with Crippen molar-refractivity contribution in [1.29, 1.82) is 0 Å². The zero-order chi connectivity index (χ0) is 27.6. The Hall–Kier alpha value is -3.74. The van der Waals surface area contributed by atoms with Gasteiger partial charge in [-0.05, 0) is 50.1 Å². The lowest BCUT2D eigenvalue weighted by Gasteiger charge is -2.30. The molecule has 1 amide bonds. The number of likely N-dealkylation sites (tertiary alicyclic amines) is 1. The number of rotatable bonds is 7. The number of ether oxygens (including phenoxy) is 1. The van der Waals surface area contributed by atoms with Crippen molar-refractivity contribution < 1.29 is 18.4 Å². The minimum atomic E-state index is -0.344. The van der Waals surface area contributed by atoms with E-state index < -0.39 is 0 Å². The molecule has 0 unspecified atom stereocenters. The molecule has 0 saturated carbocycles. The summed E-state index contributed by atoms with van der Waals surface area (Å²) in [7, 11) is 0. The van der Waals surface area contributed by atoms with Crippen molar-refractivity contribution in [3.8, 4) is 11.5 Å². The Balaban J connectivity index is 0.00000337. The first-order valence-electron chi connectivity index (χ1n) is 12.7. The summed E-state index contributed by atoms with van der Waals surface area (Å²) in [5.41, 5.74) is 2.24. The van der Waals surface area contributed by atoms with Crippen LogP contribution in [0.5, 0.6) is 11.5 Å². The molecule has 0 radical (unpaired) electrons. The summed E-state index contributed by atoms with van der Waals surface area (Å²) in [6.07, 6.45) is 5.21. The number of benzene rings is 1. The van der Waals surface area contributed by atoms with Crippen molar-refractivity contribution in [2.75, 3.05) is 18.4 Å². The van der Waals surface area contributed by atoms with E-state index in [9.17, 15) is 9.18 Å². The first-order chi connectivity index (χ1) is 19.4. The number of anilines is 2. The number of piperidine rings is 1. The first kappa shape index (κ1) is 28.8. The number of nitrogens with zero attached hydrogens (tertiary/aromatic N) is 5. The highest BCUT2D eigenvalue weighted by molar-refractivity contribution is 7.99. The Bertz CT molecular complexity index is 1670. The number of thiazole rings is 1. The molecule has 212 valence electrons. The van der Waals surface area contributed by atoms with E-state index in [4.69, 9.17) is 14.2 Å². The molecule has 1 aliphatic heterocycles. The van der Waals surface area contributed by atoms with Gasteiger partial charge in [-0.1, -0.05) is 16.9 Å². The second-order valence-corrected chi connectivity index (χ2v) is 11.4. The number of aryl methyl sites for hydroxylation is 1. The van der Waals surface area contributed by atoms with E-state index >= 15 is 0 Å². The zero-order valence-corrected chi connectivity index (χ0v) is 24.6. The Labute approximate surface area is 249 Å². The van der Waals surface area contributed by atoms with Crippen LogP contribution in [0.3, 0.4) is 0 Å². The minimum Gasteiger partial charge on any atom is -0.453 e. The van der Waals surface area contributed by atoms with Gasteiger partial charge < -0.3 is 19.5 Å². The van der Waals surface area contributed by atoms with Gasteiger partial charge in [-0.15, -0.1) is 23.7 Å². The van der Waals surface area contributed by atoms with E-state index in [1.807, 2.05) is 24.0 Å². The number of halogens is 2. The SMILES string of the molecule is CC(=O)N1CCC(c2csc(Nc3ncc(Sc4ccnc5onc(C)c45)cc3Oc3ccc(F)cc3)n2)CC1.Cl. The van der Waals surface area contributed by atoms with Crippen molar-refractivity contribution >= 4 is 63.5 Å². The van der Waals surface area contributed by atoms with Crippen LogP contribution in [0.2, 0.25) is 0 Å². The van der Waals surface area contributed by atoms with Crippen molar-refractivity contribution in [2.24, 2.45) is 0 Å². The molecular weight excluding hydrogens is 587 g/mol. The van der Waals surface area contributed by atoms with Crippen LogP contribution in [0.1, 0.15) is 37.1 Å². The number of fused-ring (bicyclic) bond motifs is 1. The third kappa shape index (κ3) is 6.45. The first-order valence-corrected chi connectivity index (χ1v) is 14.4. The molecule has 6 rings (SSSR count). The Kier molecular flexibility index (Phi) is 8.71. The van der Waals surface area contributed by atoms with Gasteiger partial charge in [-0.3, -0.25) is 4.79 Å². The van der Waals surface area contributed by atoms with Crippen molar-refractivity contribution in [2.45, 2.75) is 42.4 Å². The van der Waals surface area contributed by atoms with Crippen LogP contribution in [0.4, 0.5) is 15.3 Å². The fraction of sp³-hybridized carbons (Fsp3) is 0.250. The van der Waals surface area contributed by atoms with Gasteiger partial charge in [0.25, 0.3) is 5.71 Å². The predicted molar refractivity (Wildman–Crippen MR) is 158 cm³/mol. The fourth-order valence-electron chi connectivity index (χ4n) is 4.60. The molecule has 1 aromatic carbocycles. The summed E-state index contributed by atoms with van der Waals surface area (Å²) in [6, 6.07) is 9.62. The van der Waals surface area contributed by atoms with Crippen molar-refractivity contribution in [1.82, 2.24) is 25.0 Å². The van der Waals surface area contributed by atoms with Crippen LogP contribution >= 0.6 is 35.5 Å². The molecule has 1 saturated heterocycles. The molecule has 13 heteroatoms. The average molecular weight is 613 g/mol. The Morgan fingerprint density at radius 1 is 1.20 bits per heavy atom. The van der Waals surface area contributed by atoms with E-state index in [0.717, 1.165) is 52.5 Å². The molecule has 0 bridgehead atoms. The highest BCUT2D eigenvalue weighted by Gasteiger charge is 2.24. The molecule has 1 N–H and O–H groups in total. The maximum absolute atomic E-state index is 13.5. The van der Waals surface area contributed by atoms with Crippen LogP contribution in [0, 0.1) is 12.7 Å². The Morgan fingerprint density at radius 3 is 2.73 bits per heavy atom. The number of nitrogens with one attached hydrogen (secondary N) is 1. The number of pyridine rings is 2. The van der Waals surface area contributed by atoms with Crippen LogP contribution in [-0.2, 0) is 4.79 Å². The summed E-state index contributed by atoms with van der Waals surface area (Å²) >= 11 is 2.99. The van der Waals surface area contributed by atoms with Gasteiger partial charge in [0, 0.05) is 59.6 Å². The topological polar surface area (TPSA) is 106 Å². The normalized spacial score (nSPS) is 13.7. The zero-order valence-electron chi connectivity index (χ0n) is 22.2. The predicted octanol–water partition coefficient (Wildman–Crippen LogP) is 7.36. The molecule has 0 atom stereocenters. The van der Waals surface area contributed by atoms with E-state index in [1.54, 1.807) is 31.5 Å². The fourth-order valence-corrected chi connectivity index (χ4v) is 6.39. The highest BCUT2D eigenvalue weighted by Crippen LogP contribution is 2.39. The number of carbonyl (C=O) groups excluding carboxylic acids is 1. The second kappa shape index (κ2) is 12.4. The number of aromatic nitrogens is 4. The summed E-state index contributed by atoms with van der Waals surface area (Å²) in [5, 5.41) is 10.9. The maximum Gasteiger partial charge on any atom is 0.259 e. The number of amides is 1. The van der Waals surface area contributed by atoms with Crippen molar-refractivity contribution in [3.05, 3.63) is 71.4 Å². The third-order valence-corrected chi connectivity index (χ3v) is 8.51. The smallest absolute Gasteiger partial charge is 0.259 e. The van der Waals surface area contributed by atoms with Gasteiger partial charge in [0.1, 0.15) is 11.6 Å². The molecule has 5 heterocycles. The summed E-state index contributed by atoms with van der Waals surface area (Å²) in [5.74, 6) is 1.51. The highest BCUT2D eigenvalue weighted by atomic mass is 35.5. The van der Waals surface area contributed by atoms with Crippen LogP contribution in [-0.4, -0.2) is 44.0 Å². The van der Waals surface area contributed by atoms with Gasteiger partial charge in [-0.2, -0.15) is 0 Å². The minimum absolute atomic E-state index is 0. The second-order valence-electron chi connectivity index (χ2n) is 9.42. The molecule has 0 spiro atoms. The van der Waals surface area contributed by atoms with Crippen molar-refractivity contribution in [3.63, 3.8) is 0 Å². The quantitative estimate of drug-likeness (QED) is 0.202. The summed E-state index contributed by atoms with van der Waals surface area (Å²) in [6.45, 7) is 4.98. The Morgan fingerprint density at radius 2 is 1.98 bits per heavy atom. The lowest BCUT2D eigenvalue weighted by atomic mass is 9.94. The van der Waals surface area contributed by atoms with Gasteiger partial charge in [-0.25, -0.2) is 19.3 Å². The molecule has 9 nitrogen and oxygen atoms in total. The van der Waals surface area contributed by atoms with E-state index in [1.165, 1.54) is 35.2 Å². The van der Waals surface area contributed by atoms with Gasteiger partial charge in [0.2, 0.25) is 5.91 Å². The molecule has 41 heavy (non-hydrogen) atoms. The van der Waals surface area contributed by atoms with E-state index in [-0.39, 0.29) is 24.1 Å². The largest absolute Gasteiger partial charge is 0.453 e. The van der Waals surface area contributed by atoms with E-state index in [0.29, 0.717) is 34.1 Å². The van der Waals surface area contributed by atoms with Gasteiger partial charge in [0.05, 0.1) is 16.8 Å². The molecule has 1 fully saturated rings. The average Bonchev–Trinajstić information content (AvgIpc) is 3.59. The summed E-state index contributed by atoms with van der Waals surface area (Å²) < 4.78 is 25.0. The number of hydrogen-bond acceptors (Lipinski definition) is 10. The van der Waals surface area contributed by atoms with Crippen LogP contribution < -0.4 is 10.1 Å². The molecule has 1 aliphatic rings. The number of hydrogen-bond donors (Lipinski definition) is 1. The lowest BCUT2D eigenvalue weighted by Crippen LogP contribution is -2.36. The van der Waals surface area contributed by atoms with Gasteiger partial charge >= 0.3 is 0 Å². The molecule has 0 aliphatic carbocycles. The van der Waals surface area contributed by atoms with Crippen LogP contribution in [0.15, 0.2) is 68.5 Å².